The van der Waals surface area contributed by atoms with Crippen molar-refractivity contribution < 1.29 is 14.4 Å². The van der Waals surface area contributed by atoms with E-state index in [-0.39, 0.29) is 10.6 Å². The van der Waals surface area contributed by atoms with Crippen molar-refractivity contribution in [2.75, 3.05) is 27.4 Å². The number of non-ortho nitro benzene ring substituents is 1. The summed E-state index contributed by atoms with van der Waals surface area (Å²) in [5.74, 6) is 0.840. The summed E-state index contributed by atoms with van der Waals surface area (Å²) >= 11 is 0. The SMILES string of the molecule is CNC1CCOCC1Cc1cc(OC)cc([N+](=O)[O-])c1. The molecule has 1 aromatic rings. The summed E-state index contributed by atoms with van der Waals surface area (Å²) in [6, 6.07) is 5.29. The Labute approximate surface area is 118 Å². The number of hydrogen-bond acceptors (Lipinski definition) is 5. The molecule has 1 N–H and O–H groups in total. The zero-order valence-electron chi connectivity index (χ0n) is 11.8. The predicted molar refractivity (Wildman–Crippen MR) is 75.1 cm³/mol. The van der Waals surface area contributed by atoms with Crippen LogP contribution < -0.4 is 10.1 Å². The van der Waals surface area contributed by atoms with Crippen molar-refractivity contribution in [3.05, 3.63) is 33.9 Å². The van der Waals surface area contributed by atoms with E-state index in [1.54, 1.807) is 6.07 Å². The molecule has 0 aliphatic carbocycles. The Hall–Kier alpha value is -1.66. The van der Waals surface area contributed by atoms with Gasteiger partial charge in [0.1, 0.15) is 5.75 Å². The highest BCUT2D eigenvalue weighted by Crippen LogP contribution is 2.26. The van der Waals surface area contributed by atoms with Gasteiger partial charge in [0.2, 0.25) is 0 Å². The molecule has 0 saturated carbocycles. The smallest absolute Gasteiger partial charge is 0.273 e. The molecule has 0 amide bonds. The fourth-order valence-corrected chi connectivity index (χ4v) is 2.67. The highest BCUT2D eigenvalue weighted by Gasteiger charge is 2.25. The molecule has 1 aliphatic heterocycles. The molecular formula is C14H20N2O4. The van der Waals surface area contributed by atoms with E-state index in [9.17, 15) is 10.1 Å². The number of nitro groups is 1. The van der Waals surface area contributed by atoms with Crippen LogP contribution in [0.3, 0.4) is 0 Å². The van der Waals surface area contributed by atoms with Crippen LogP contribution in [0.5, 0.6) is 5.75 Å². The fraction of sp³-hybridized carbons (Fsp3) is 0.571. The van der Waals surface area contributed by atoms with Crippen molar-refractivity contribution in [1.29, 1.82) is 0 Å². The molecule has 2 atom stereocenters. The van der Waals surface area contributed by atoms with Crippen molar-refractivity contribution in [2.45, 2.75) is 18.9 Å². The highest BCUT2D eigenvalue weighted by molar-refractivity contribution is 5.43. The predicted octanol–water partition coefficient (Wildman–Crippen LogP) is 1.77. The summed E-state index contributed by atoms with van der Waals surface area (Å²) in [5, 5.41) is 14.2. The number of rotatable bonds is 5. The minimum absolute atomic E-state index is 0.0667. The van der Waals surface area contributed by atoms with Crippen molar-refractivity contribution >= 4 is 5.69 Å². The summed E-state index contributed by atoms with van der Waals surface area (Å²) < 4.78 is 10.7. The molecule has 2 unspecified atom stereocenters. The molecule has 20 heavy (non-hydrogen) atoms. The number of nitro benzene ring substituents is 1. The topological polar surface area (TPSA) is 73.6 Å². The van der Waals surface area contributed by atoms with Crippen LogP contribution in [0.1, 0.15) is 12.0 Å². The Morgan fingerprint density at radius 2 is 2.30 bits per heavy atom. The second kappa shape index (κ2) is 6.67. The summed E-state index contributed by atoms with van der Waals surface area (Å²) in [4.78, 5) is 10.6. The van der Waals surface area contributed by atoms with E-state index in [1.807, 2.05) is 13.1 Å². The van der Waals surface area contributed by atoms with Gasteiger partial charge in [0.25, 0.3) is 5.69 Å². The number of methoxy groups -OCH3 is 1. The first-order valence-corrected chi connectivity index (χ1v) is 6.71. The Balaban J connectivity index is 2.18. The molecule has 0 bridgehead atoms. The van der Waals surface area contributed by atoms with Crippen LogP contribution in [0.2, 0.25) is 0 Å². The molecule has 6 heteroatoms. The summed E-state index contributed by atoms with van der Waals surface area (Å²) in [5.41, 5.74) is 0.976. The van der Waals surface area contributed by atoms with Gasteiger partial charge in [-0.15, -0.1) is 0 Å². The van der Waals surface area contributed by atoms with Crippen LogP contribution in [0, 0.1) is 16.0 Å². The Kier molecular flexibility index (Phi) is 4.92. The minimum Gasteiger partial charge on any atom is -0.496 e. The van der Waals surface area contributed by atoms with E-state index >= 15 is 0 Å². The monoisotopic (exact) mass is 280 g/mol. The van der Waals surface area contributed by atoms with Gasteiger partial charge in [-0.1, -0.05) is 0 Å². The first-order chi connectivity index (χ1) is 9.63. The van der Waals surface area contributed by atoms with E-state index in [1.165, 1.54) is 13.2 Å². The average molecular weight is 280 g/mol. The molecule has 0 aromatic heterocycles. The first kappa shape index (κ1) is 14.7. The quantitative estimate of drug-likeness (QED) is 0.657. The molecule has 2 rings (SSSR count). The summed E-state index contributed by atoms with van der Waals surface area (Å²) in [6.45, 7) is 1.44. The highest BCUT2D eigenvalue weighted by atomic mass is 16.6. The molecule has 6 nitrogen and oxygen atoms in total. The minimum atomic E-state index is -0.390. The molecule has 0 spiro atoms. The van der Waals surface area contributed by atoms with E-state index in [0.717, 1.165) is 25.0 Å². The lowest BCUT2D eigenvalue weighted by molar-refractivity contribution is -0.385. The van der Waals surface area contributed by atoms with Gasteiger partial charge >= 0.3 is 0 Å². The lowest BCUT2D eigenvalue weighted by Crippen LogP contribution is -2.41. The standard InChI is InChI=1S/C14H20N2O4/c1-15-14-3-4-20-9-11(14)5-10-6-12(16(17)18)8-13(7-10)19-2/h6-8,11,14-15H,3-5,9H2,1-2H3. The molecule has 0 radical (unpaired) electrons. The van der Waals surface area contributed by atoms with E-state index in [2.05, 4.69) is 5.32 Å². The fourth-order valence-electron chi connectivity index (χ4n) is 2.67. The van der Waals surface area contributed by atoms with Gasteiger partial charge in [-0.25, -0.2) is 0 Å². The number of benzene rings is 1. The summed E-state index contributed by atoms with van der Waals surface area (Å²) in [7, 11) is 3.46. The maximum absolute atomic E-state index is 10.9. The van der Waals surface area contributed by atoms with Crippen molar-refractivity contribution in [2.24, 2.45) is 5.92 Å². The van der Waals surface area contributed by atoms with Gasteiger partial charge in [-0.2, -0.15) is 0 Å². The number of ether oxygens (including phenoxy) is 2. The Bertz CT molecular complexity index is 478. The number of nitrogens with one attached hydrogen (secondary N) is 1. The van der Waals surface area contributed by atoms with E-state index in [0.29, 0.717) is 24.3 Å². The maximum Gasteiger partial charge on any atom is 0.273 e. The normalized spacial score (nSPS) is 22.5. The Morgan fingerprint density at radius 1 is 1.50 bits per heavy atom. The second-order valence-corrected chi connectivity index (χ2v) is 5.02. The maximum atomic E-state index is 10.9. The molecule has 1 heterocycles. The zero-order chi connectivity index (χ0) is 14.5. The van der Waals surface area contributed by atoms with Gasteiger partial charge in [0.15, 0.2) is 0 Å². The van der Waals surface area contributed by atoms with Crippen molar-refractivity contribution in [3.63, 3.8) is 0 Å². The zero-order valence-corrected chi connectivity index (χ0v) is 11.8. The summed E-state index contributed by atoms with van der Waals surface area (Å²) in [6.07, 6.45) is 1.71. The second-order valence-electron chi connectivity index (χ2n) is 5.02. The lowest BCUT2D eigenvalue weighted by Gasteiger charge is -2.31. The number of hydrogen-bond donors (Lipinski definition) is 1. The van der Waals surface area contributed by atoms with Crippen LogP contribution in [-0.2, 0) is 11.2 Å². The molecular weight excluding hydrogens is 260 g/mol. The van der Waals surface area contributed by atoms with Crippen LogP contribution in [0.25, 0.3) is 0 Å². The molecule has 1 saturated heterocycles. The third kappa shape index (κ3) is 3.46. The van der Waals surface area contributed by atoms with Crippen molar-refractivity contribution in [1.82, 2.24) is 5.32 Å². The van der Waals surface area contributed by atoms with E-state index in [4.69, 9.17) is 9.47 Å². The van der Waals surface area contributed by atoms with Gasteiger partial charge in [-0.3, -0.25) is 10.1 Å². The van der Waals surface area contributed by atoms with Crippen LogP contribution in [0.4, 0.5) is 5.69 Å². The van der Waals surface area contributed by atoms with Gasteiger partial charge in [0, 0.05) is 24.6 Å². The molecule has 1 fully saturated rings. The Morgan fingerprint density at radius 3 is 2.95 bits per heavy atom. The van der Waals surface area contributed by atoms with E-state index < -0.39 is 0 Å². The number of nitrogens with zero attached hydrogens (tertiary/aromatic N) is 1. The first-order valence-electron chi connectivity index (χ1n) is 6.71. The van der Waals surface area contributed by atoms with Gasteiger partial charge < -0.3 is 14.8 Å². The van der Waals surface area contributed by atoms with Crippen LogP contribution in [0.15, 0.2) is 18.2 Å². The van der Waals surface area contributed by atoms with Crippen molar-refractivity contribution in [3.8, 4) is 5.75 Å². The van der Waals surface area contributed by atoms with Crippen LogP contribution in [-0.4, -0.2) is 38.3 Å². The molecule has 1 aliphatic rings. The largest absolute Gasteiger partial charge is 0.496 e. The third-order valence-corrected chi connectivity index (χ3v) is 3.74. The van der Waals surface area contributed by atoms with Gasteiger partial charge in [0.05, 0.1) is 24.7 Å². The third-order valence-electron chi connectivity index (χ3n) is 3.74. The molecule has 110 valence electrons. The van der Waals surface area contributed by atoms with Crippen LogP contribution >= 0.6 is 0 Å². The molecule has 1 aromatic carbocycles. The lowest BCUT2D eigenvalue weighted by atomic mass is 9.89. The van der Waals surface area contributed by atoms with Gasteiger partial charge in [-0.05, 0) is 31.5 Å². The average Bonchev–Trinajstić information content (AvgIpc) is 2.47.